The molecule has 29 nitrogen and oxygen atoms in total. The van der Waals surface area contributed by atoms with Gasteiger partial charge in [0, 0.05) is 51.4 Å². The highest BCUT2D eigenvalue weighted by atomic mass is 16.3. The van der Waals surface area contributed by atoms with Crippen molar-refractivity contribution in [3.05, 3.63) is 101 Å². The van der Waals surface area contributed by atoms with Gasteiger partial charge in [0.1, 0.15) is 31.0 Å². The number of fused-ring (bicyclic) bond motifs is 2. The van der Waals surface area contributed by atoms with Crippen molar-refractivity contribution in [2.24, 2.45) is 0 Å². The number of aryl methyl sites for hydroxylation is 1. The van der Waals surface area contributed by atoms with Crippen LogP contribution < -0.4 is 36.8 Å². The molecule has 5 fully saturated rings. The average molecular weight is 1180 g/mol. The van der Waals surface area contributed by atoms with Crippen molar-refractivity contribution in [3.63, 3.8) is 0 Å². The van der Waals surface area contributed by atoms with Gasteiger partial charge in [-0.15, -0.1) is 0 Å². The minimum Gasteiger partial charge on any atom is -0.493 e. The fraction of sp³-hybridized carbons (Fsp3) is 0.509. The van der Waals surface area contributed by atoms with Crippen molar-refractivity contribution in [1.29, 1.82) is 5.41 Å². The van der Waals surface area contributed by atoms with Gasteiger partial charge in [0.2, 0.25) is 29.6 Å². The maximum absolute atomic E-state index is 13.9. The number of amides is 3. The predicted octanol–water partition coefficient (Wildman–Crippen LogP) is -0.116. The van der Waals surface area contributed by atoms with Gasteiger partial charge >= 0.3 is 11.7 Å². The molecule has 29 heteroatoms. The molecule has 3 amide bonds. The number of rotatable bonds is 20. The number of hydrogen-bond donors (Lipinski definition) is 12. The number of nitrogens with one attached hydrogen (secondary N) is 5. The zero-order valence-corrected chi connectivity index (χ0v) is 47.7. The summed E-state index contributed by atoms with van der Waals surface area (Å²) in [6.07, 6.45) is 0.925. The number of aromatic nitrogens is 10. The van der Waals surface area contributed by atoms with Gasteiger partial charge in [-0.05, 0) is 63.5 Å². The zero-order chi connectivity index (χ0) is 60.1. The summed E-state index contributed by atoms with van der Waals surface area (Å²) >= 11 is 0. The Labute approximate surface area is 493 Å². The van der Waals surface area contributed by atoms with Crippen LogP contribution in [-0.4, -0.2) is 219 Å². The Bertz CT molecular complexity index is 3660. The number of carbonyl (C=O) groups is 2. The first-order chi connectivity index (χ1) is 41.6. The van der Waals surface area contributed by atoms with Crippen LogP contribution in [0.1, 0.15) is 68.8 Å². The summed E-state index contributed by atoms with van der Waals surface area (Å²) in [7, 11) is 0. The summed E-state index contributed by atoms with van der Waals surface area (Å²) in [6, 6.07) is 13.8. The molecule has 2 aromatic carbocycles. The van der Waals surface area contributed by atoms with E-state index in [4.69, 9.17) is 30.3 Å². The van der Waals surface area contributed by atoms with Gasteiger partial charge in [-0.1, -0.05) is 60.7 Å². The normalized spacial score (nSPS) is 25.8. The number of benzene rings is 2. The van der Waals surface area contributed by atoms with Crippen LogP contribution in [0.25, 0.3) is 22.3 Å². The van der Waals surface area contributed by atoms with Gasteiger partial charge in [-0.2, -0.15) is 19.9 Å². The number of nitrogens with zero attached hydrogens (tertiary/aromatic N) is 14. The van der Waals surface area contributed by atoms with Crippen molar-refractivity contribution in [2.75, 3.05) is 72.9 Å². The number of carbonyl (C=O) groups excluding carboxylic acids is 2. The number of urea groups is 1. The predicted molar refractivity (Wildman–Crippen MR) is 315 cm³/mol. The molecule has 8 heterocycles. The number of hydrogen-bond acceptors (Lipinski definition) is 21. The van der Waals surface area contributed by atoms with Crippen molar-refractivity contribution in [3.8, 4) is 5.88 Å². The summed E-state index contributed by atoms with van der Waals surface area (Å²) < 4.78 is 5.74. The van der Waals surface area contributed by atoms with Crippen LogP contribution in [0.3, 0.4) is 0 Å². The smallest absolute Gasteiger partial charge is 0.331 e. The van der Waals surface area contributed by atoms with Crippen LogP contribution in [0.4, 0.5) is 28.3 Å². The molecule has 0 unspecified atom stereocenters. The third kappa shape index (κ3) is 11.0. The Morgan fingerprint density at radius 1 is 0.663 bits per heavy atom. The van der Waals surface area contributed by atoms with E-state index < -0.39 is 72.4 Å². The zero-order valence-electron chi connectivity index (χ0n) is 47.7. The molecule has 0 spiro atoms. The fourth-order valence-corrected chi connectivity index (χ4v) is 13.1. The second-order valence-electron chi connectivity index (χ2n) is 23.0. The molecule has 7 aromatic rings. The maximum atomic E-state index is 13.9. The molecule has 12 atom stereocenters. The number of aliphatic hydroxyl groups excluding tert-OH is 6. The van der Waals surface area contributed by atoms with E-state index in [1.165, 1.54) is 28.3 Å². The molecule has 86 heavy (non-hydrogen) atoms. The van der Waals surface area contributed by atoms with Crippen LogP contribution in [0.2, 0.25) is 0 Å². The number of aromatic hydroxyl groups is 1. The van der Waals surface area contributed by atoms with Crippen LogP contribution in [0.15, 0.2) is 84.3 Å². The number of guanidine groups is 1. The van der Waals surface area contributed by atoms with Crippen molar-refractivity contribution in [1.82, 2.24) is 68.6 Å². The number of anilines is 4. The monoisotopic (exact) mass is 1180 g/mol. The Morgan fingerprint density at radius 3 is 1.59 bits per heavy atom. The Kier molecular flexibility index (Phi) is 16.2. The highest BCUT2D eigenvalue weighted by Crippen LogP contribution is 2.42. The van der Waals surface area contributed by atoms with Crippen molar-refractivity contribution < 1.29 is 45.3 Å². The number of likely N-dealkylation sites (N-methyl/N-ethyl adjacent to an activating group) is 1. The summed E-state index contributed by atoms with van der Waals surface area (Å²) in [5, 5.41) is 99.9. The topological polar surface area (TPSA) is 375 Å². The SMILES string of the molecule is CCN1CC(=O)N([C@H]2C[C@@H](n3cnc4c(N[C@H](CO)Cc5ccccc5)nc(N5CC[C@@H](NC(=O)N[C@@H]6CCN(c7nc(N[C@H](CO)Cc8ccccc8)c8ncn([C@@H]9C[C@H](n%10c(O)cn(CC)c%10=O)[C@@H](O)[C@H]9O)c8n7)C6)C5)nc43)[C@H](O)[C@@H]2O)C1=N. The molecule has 5 aromatic heterocycles. The lowest BCUT2D eigenvalue weighted by atomic mass is 10.1. The summed E-state index contributed by atoms with van der Waals surface area (Å²) in [5.74, 6) is 0.532. The molecule has 2 saturated carbocycles. The minimum absolute atomic E-state index is 0.00515. The van der Waals surface area contributed by atoms with E-state index in [0.717, 1.165) is 15.7 Å². The molecule has 5 aliphatic rings. The van der Waals surface area contributed by atoms with E-state index >= 15 is 0 Å². The lowest BCUT2D eigenvalue weighted by Crippen LogP contribution is -2.48. The first-order valence-electron chi connectivity index (χ1n) is 29.4. The summed E-state index contributed by atoms with van der Waals surface area (Å²) in [6.45, 7) is 5.39. The maximum Gasteiger partial charge on any atom is 0.331 e. The van der Waals surface area contributed by atoms with Gasteiger partial charge in [-0.3, -0.25) is 24.2 Å². The standard InChI is InChI=1S/C57H73N19O10/c1-3-69-25-41(79)75(53(69)58)39-21-37(45(81)47(39)83)73-29-59-43-49(61-35(27-77)19-31-11-7-5-8-12-31)65-54(67-51(43)73)71-17-15-33(23-71)63-56(85)64-34-16-18-72(24-34)55-66-50(62-36(28-78)20-32-13-9-6-10-14-32)44-52(68-55)74(30-60-44)38-22-40(48(84)46(38)82)76-42(80)26-70(4-2)57(76)86/h5-14,26,29-30,33-40,45-48,58,77-78,80-84H,3-4,15-25,27-28H2,1-2H3,(H,61,65,67)(H,62,66,68)(H2,63,64,85)/t33-,34-,35+,36+,37-,38-,39+,40+,45+,46+,47-,48-/m1/s1. The van der Waals surface area contributed by atoms with Crippen molar-refractivity contribution >= 4 is 63.8 Å². The largest absolute Gasteiger partial charge is 0.493 e. The van der Waals surface area contributed by atoms with E-state index in [2.05, 4.69) is 26.3 Å². The third-order valence-corrected chi connectivity index (χ3v) is 17.6. The highest BCUT2D eigenvalue weighted by molar-refractivity contribution is 6.03. The molecule has 12 N–H and O–H groups in total. The second-order valence-corrected chi connectivity index (χ2v) is 23.0. The number of imidazole rings is 3. The molecule has 0 bridgehead atoms. The van der Waals surface area contributed by atoms with Crippen LogP contribution in [0.5, 0.6) is 5.88 Å². The fourth-order valence-electron chi connectivity index (χ4n) is 13.1. The average Bonchev–Trinajstić information content (AvgIpc) is 3.24. The molecule has 3 aliphatic heterocycles. The Hall–Kier alpha value is -8.48. The van der Waals surface area contributed by atoms with Gasteiger partial charge in [0.15, 0.2) is 34.0 Å². The van der Waals surface area contributed by atoms with E-state index in [0.29, 0.717) is 105 Å². The molecule has 456 valence electrons. The van der Waals surface area contributed by atoms with Crippen LogP contribution >= 0.6 is 0 Å². The van der Waals surface area contributed by atoms with E-state index in [1.807, 2.05) is 77.4 Å². The molecular weight excluding hydrogens is 1110 g/mol. The van der Waals surface area contributed by atoms with Gasteiger partial charge < -0.3 is 80.8 Å². The summed E-state index contributed by atoms with van der Waals surface area (Å²) in [5.41, 5.74) is 2.78. The van der Waals surface area contributed by atoms with E-state index in [1.54, 1.807) is 21.0 Å². The minimum atomic E-state index is -1.43. The quantitative estimate of drug-likeness (QED) is 0.0473. The van der Waals surface area contributed by atoms with Gasteiger partial charge in [0.25, 0.3) is 0 Å². The van der Waals surface area contributed by atoms with Crippen LogP contribution in [-0.2, 0) is 24.2 Å². The Morgan fingerprint density at radius 2 is 1.14 bits per heavy atom. The van der Waals surface area contributed by atoms with Gasteiger partial charge in [-0.25, -0.2) is 19.6 Å². The lowest BCUT2D eigenvalue weighted by Gasteiger charge is -2.27. The van der Waals surface area contributed by atoms with Crippen molar-refractivity contribution in [2.45, 2.75) is 132 Å². The highest BCUT2D eigenvalue weighted by Gasteiger charge is 2.51. The first-order valence-corrected chi connectivity index (χ1v) is 29.4. The lowest BCUT2D eigenvalue weighted by molar-refractivity contribution is -0.128. The molecule has 3 saturated heterocycles. The van der Waals surface area contributed by atoms with Crippen LogP contribution in [0, 0.1) is 5.41 Å². The Balaban J connectivity index is 0.761. The molecule has 0 radical (unpaired) electrons. The van der Waals surface area contributed by atoms with Gasteiger partial charge in [0.05, 0.1) is 68.3 Å². The van der Waals surface area contributed by atoms with E-state index in [-0.39, 0.29) is 68.4 Å². The summed E-state index contributed by atoms with van der Waals surface area (Å²) in [4.78, 5) is 76.4. The third-order valence-electron chi connectivity index (χ3n) is 17.6. The number of aliphatic hydroxyl groups is 6. The molecular formula is C57H73N19O10. The van der Waals surface area contributed by atoms with E-state index in [9.17, 15) is 50.1 Å². The molecule has 12 rings (SSSR count). The first kappa shape index (κ1) is 57.9. The second kappa shape index (κ2) is 24.1. The molecule has 2 aliphatic carbocycles.